The molecule has 1 heterocycles. The van der Waals surface area contributed by atoms with E-state index in [0.717, 1.165) is 0 Å². The topological polar surface area (TPSA) is 55.6 Å². The summed E-state index contributed by atoms with van der Waals surface area (Å²) in [6, 6.07) is 6.02. The van der Waals surface area contributed by atoms with Gasteiger partial charge >= 0.3 is 0 Å². The molecule has 4 heteroatoms. The normalized spacial score (nSPS) is 24.0. The van der Waals surface area contributed by atoms with Gasteiger partial charge in [-0.25, -0.2) is 0 Å². The van der Waals surface area contributed by atoms with E-state index in [-0.39, 0.29) is 18.1 Å². The molecule has 116 valence electrons. The summed E-state index contributed by atoms with van der Waals surface area (Å²) in [5, 5.41) is 0. The van der Waals surface area contributed by atoms with Crippen molar-refractivity contribution in [3.05, 3.63) is 34.9 Å². The SMILES string of the molecule is CC[C@H](N)C(=O)N1C[C@H](c2cc(C)ccc2C)OC[C@H]1C. The highest BCUT2D eigenvalue weighted by molar-refractivity contribution is 5.82. The van der Waals surface area contributed by atoms with Gasteiger partial charge in [-0.3, -0.25) is 4.79 Å². The van der Waals surface area contributed by atoms with Crippen LogP contribution in [-0.4, -0.2) is 36.0 Å². The first-order valence-electron chi connectivity index (χ1n) is 7.68. The van der Waals surface area contributed by atoms with E-state index in [1.165, 1.54) is 16.7 Å². The summed E-state index contributed by atoms with van der Waals surface area (Å²) >= 11 is 0. The van der Waals surface area contributed by atoms with Crippen molar-refractivity contribution in [2.24, 2.45) is 5.73 Å². The lowest BCUT2D eigenvalue weighted by Gasteiger charge is -2.39. The Labute approximate surface area is 127 Å². The van der Waals surface area contributed by atoms with Crippen molar-refractivity contribution in [3.63, 3.8) is 0 Å². The number of hydrogen-bond acceptors (Lipinski definition) is 3. The summed E-state index contributed by atoms with van der Waals surface area (Å²) in [6.07, 6.45) is 0.603. The van der Waals surface area contributed by atoms with Crippen LogP contribution in [0.4, 0.5) is 0 Å². The van der Waals surface area contributed by atoms with Crippen LogP contribution in [-0.2, 0) is 9.53 Å². The predicted octanol–water partition coefficient (Wildman–Crippen LogP) is 2.33. The van der Waals surface area contributed by atoms with Crippen molar-refractivity contribution >= 4 is 5.91 Å². The lowest BCUT2D eigenvalue weighted by atomic mass is 9.98. The van der Waals surface area contributed by atoms with E-state index in [1.807, 2.05) is 18.7 Å². The van der Waals surface area contributed by atoms with Gasteiger partial charge in [-0.1, -0.05) is 30.7 Å². The first-order valence-corrected chi connectivity index (χ1v) is 7.68. The van der Waals surface area contributed by atoms with E-state index in [2.05, 4.69) is 32.0 Å². The third-order valence-corrected chi connectivity index (χ3v) is 4.25. The Morgan fingerprint density at radius 3 is 2.86 bits per heavy atom. The van der Waals surface area contributed by atoms with E-state index < -0.39 is 6.04 Å². The highest BCUT2D eigenvalue weighted by Crippen LogP contribution is 2.28. The summed E-state index contributed by atoms with van der Waals surface area (Å²) < 4.78 is 5.97. The van der Waals surface area contributed by atoms with Crippen molar-refractivity contribution in [2.45, 2.75) is 52.3 Å². The van der Waals surface area contributed by atoms with Crippen LogP contribution in [0.3, 0.4) is 0 Å². The Balaban J connectivity index is 2.20. The van der Waals surface area contributed by atoms with Crippen LogP contribution in [0.1, 0.15) is 43.1 Å². The molecule has 2 rings (SSSR count). The molecule has 0 unspecified atom stereocenters. The van der Waals surface area contributed by atoms with Gasteiger partial charge in [-0.2, -0.15) is 0 Å². The fourth-order valence-electron chi connectivity index (χ4n) is 2.75. The molecule has 2 N–H and O–H groups in total. The van der Waals surface area contributed by atoms with Gasteiger partial charge in [0.15, 0.2) is 0 Å². The number of benzene rings is 1. The van der Waals surface area contributed by atoms with Crippen molar-refractivity contribution < 1.29 is 9.53 Å². The van der Waals surface area contributed by atoms with Crippen LogP contribution >= 0.6 is 0 Å². The lowest BCUT2D eigenvalue weighted by Crippen LogP contribution is -2.53. The third kappa shape index (κ3) is 3.44. The Morgan fingerprint density at radius 1 is 1.48 bits per heavy atom. The predicted molar refractivity (Wildman–Crippen MR) is 84.1 cm³/mol. The van der Waals surface area contributed by atoms with Crippen LogP contribution in [0.5, 0.6) is 0 Å². The molecule has 0 aromatic heterocycles. The summed E-state index contributed by atoms with van der Waals surface area (Å²) in [5.41, 5.74) is 9.50. The molecule has 1 amide bonds. The Morgan fingerprint density at radius 2 is 2.19 bits per heavy atom. The quantitative estimate of drug-likeness (QED) is 0.929. The molecule has 0 radical (unpaired) electrons. The monoisotopic (exact) mass is 290 g/mol. The average Bonchev–Trinajstić information content (AvgIpc) is 2.49. The summed E-state index contributed by atoms with van der Waals surface area (Å²) in [7, 11) is 0. The number of aryl methyl sites for hydroxylation is 2. The molecule has 0 bridgehead atoms. The van der Waals surface area contributed by atoms with Crippen LogP contribution in [0.15, 0.2) is 18.2 Å². The molecule has 0 saturated carbocycles. The minimum absolute atomic E-state index is 0.0311. The van der Waals surface area contributed by atoms with Gasteiger partial charge in [0.25, 0.3) is 0 Å². The van der Waals surface area contributed by atoms with Gasteiger partial charge in [0.05, 0.1) is 25.2 Å². The van der Waals surface area contributed by atoms with Crippen molar-refractivity contribution in [2.75, 3.05) is 13.2 Å². The molecule has 21 heavy (non-hydrogen) atoms. The van der Waals surface area contributed by atoms with Crippen LogP contribution in [0, 0.1) is 13.8 Å². The summed E-state index contributed by atoms with van der Waals surface area (Å²) in [5.74, 6) is 0.0311. The second kappa shape index (κ2) is 6.58. The van der Waals surface area contributed by atoms with E-state index in [4.69, 9.17) is 10.5 Å². The minimum atomic E-state index is -0.412. The fraction of sp³-hybridized carbons (Fsp3) is 0.588. The van der Waals surface area contributed by atoms with Gasteiger partial charge < -0.3 is 15.4 Å². The number of morpholine rings is 1. The standard InChI is InChI=1S/C17H26N2O2/c1-5-15(18)17(20)19-9-16(21-10-13(19)4)14-8-11(2)6-7-12(14)3/h6-8,13,15-16H,5,9-10,18H2,1-4H3/t13-,15+,16-/m1/s1. The number of nitrogens with zero attached hydrogens (tertiary/aromatic N) is 1. The maximum absolute atomic E-state index is 12.4. The first-order chi connectivity index (χ1) is 9.93. The van der Waals surface area contributed by atoms with Crippen LogP contribution in [0.25, 0.3) is 0 Å². The van der Waals surface area contributed by atoms with Crippen molar-refractivity contribution in [1.82, 2.24) is 4.90 Å². The highest BCUT2D eigenvalue weighted by Gasteiger charge is 2.32. The van der Waals surface area contributed by atoms with Gasteiger partial charge in [0.1, 0.15) is 6.10 Å². The van der Waals surface area contributed by atoms with Gasteiger partial charge in [0, 0.05) is 0 Å². The van der Waals surface area contributed by atoms with Crippen molar-refractivity contribution in [1.29, 1.82) is 0 Å². The number of ether oxygens (including phenoxy) is 1. The number of hydrogen-bond donors (Lipinski definition) is 1. The fourth-order valence-corrected chi connectivity index (χ4v) is 2.75. The molecule has 0 aliphatic carbocycles. The maximum Gasteiger partial charge on any atom is 0.239 e. The Bertz CT molecular complexity index is 516. The second-order valence-electron chi connectivity index (χ2n) is 6.04. The van der Waals surface area contributed by atoms with Gasteiger partial charge in [0.2, 0.25) is 5.91 Å². The zero-order valence-corrected chi connectivity index (χ0v) is 13.4. The molecule has 0 spiro atoms. The maximum atomic E-state index is 12.4. The van der Waals surface area contributed by atoms with E-state index in [9.17, 15) is 4.79 Å². The summed E-state index contributed by atoms with van der Waals surface area (Å²) in [4.78, 5) is 14.3. The Hall–Kier alpha value is -1.39. The number of amides is 1. The molecule has 1 aliphatic heterocycles. The molecule has 1 aliphatic rings. The second-order valence-corrected chi connectivity index (χ2v) is 6.04. The Kier molecular flexibility index (Phi) is 5.01. The van der Waals surface area contributed by atoms with Crippen LogP contribution < -0.4 is 5.73 Å². The molecule has 3 atom stereocenters. The average molecular weight is 290 g/mol. The first kappa shape index (κ1) is 16.0. The van der Waals surface area contributed by atoms with E-state index >= 15 is 0 Å². The summed E-state index contributed by atoms with van der Waals surface area (Å²) in [6.45, 7) is 9.25. The molecular weight excluding hydrogens is 264 g/mol. The number of rotatable bonds is 3. The van der Waals surface area contributed by atoms with Crippen LogP contribution in [0.2, 0.25) is 0 Å². The zero-order chi connectivity index (χ0) is 15.6. The minimum Gasteiger partial charge on any atom is -0.370 e. The number of carbonyl (C=O) groups excluding carboxylic acids is 1. The lowest BCUT2D eigenvalue weighted by molar-refractivity contribution is -0.146. The zero-order valence-electron chi connectivity index (χ0n) is 13.4. The largest absolute Gasteiger partial charge is 0.370 e. The molecule has 1 fully saturated rings. The van der Waals surface area contributed by atoms with Gasteiger partial charge in [-0.05, 0) is 38.3 Å². The van der Waals surface area contributed by atoms with E-state index in [0.29, 0.717) is 19.6 Å². The van der Waals surface area contributed by atoms with Gasteiger partial charge in [-0.15, -0.1) is 0 Å². The molecule has 1 aromatic rings. The molecule has 1 aromatic carbocycles. The molecule has 4 nitrogen and oxygen atoms in total. The number of carbonyl (C=O) groups is 1. The molecular formula is C17H26N2O2. The highest BCUT2D eigenvalue weighted by atomic mass is 16.5. The third-order valence-electron chi connectivity index (χ3n) is 4.25. The van der Waals surface area contributed by atoms with E-state index in [1.54, 1.807) is 0 Å². The molecule has 1 saturated heterocycles. The van der Waals surface area contributed by atoms with Crippen molar-refractivity contribution in [3.8, 4) is 0 Å². The number of nitrogens with two attached hydrogens (primary N) is 1. The smallest absolute Gasteiger partial charge is 0.239 e.